The fraction of sp³-hybridized carbons (Fsp3) is 0.290. The van der Waals surface area contributed by atoms with Crippen molar-refractivity contribution >= 4 is 43.8 Å². The second kappa shape index (κ2) is 12.5. The third kappa shape index (κ3) is 6.81. The first-order valence-electron chi connectivity index (χ1n) is 13.5. The Labute approximate surface area is 245 Å². The van der Waals surface area contributed by atoms with E-state index >= 15 is 0 Å². The number of aromatic nitrogens is 2. The van der Waals surface area contributed by atoms with E-state index in [9.17, 15) is 8.42 Å². The number of benzene rings is 3. The van der Waals surface area contributed by atoms with Crippen LogP contribution in [-0.2, 0) is 26.8 Å². The van der Waals surface area contributed by atoms with Crippen LogP contribution in [0.25, 0.3) is 10.9 Å². The summed E-state index contributed by atoms with van der Waals surface area (Å²) in [5.41, 5.74) is 2.86. The van der Waals surface area contributed by atoms with E-state index in [-0.39, 0.29) is 11.8 Å². The van der Waals surface area contributed by atoms with E-state index in [0.717, 1.165) is 34.1 Å². The van der Waals surface area contributed by atoms with Gasteiger partial charge in [-0.05, 0) is 54.0 Å². The Bertz CT molecular complexity index is 1640. The van der Waals surface area contributed by atoms with Gasteiger partial charge in [0.2, 0.25) is 0 Å². The molecule has 2 N–H and O–H groups in total. The number of sulfone groups is 1. The van der Waals surface area contributed by atoms with E-state index in [4.69, 9.17) is 21.1 Å². The van der Waals surface area contributed by atoms with Gasteiger partial charge in [-0.2, -0.15) is 0 Å². The summed E-state index contributed by atoms with van der Waals surface area (Å²) in [7, 11) is -3.08. The molecule has 10 heteroatoms. The Balaban J connectivity index is 1.39. The molecule has 5 rings (SSSR count). The average Bonchev–Trinajstić information content (AvgIpc) is 3.46. The molecule has 41 heavy (non-hydrogen) atoms. The van der Waals surface area contributed by atoms with Gasteiger partial charge in [-0.1, -0.05) is 54.9 Å². The van der Waals surface area contributed by atoms with E-state index in [1.165, 1.54) is 12.6 Å². The number of nitrogens with one attached hydrogen (secondary N) is 2. The molecular formula is C31H33ClN4O4S. The fourth-order valence-electron chi connectivity index (χ4n) is 5.10. The number of anilines is 2. The molecule has 1 aliphatic rings. The molecule has 0 radical (unpaired) electrons. The van der Waals surface area contributed by atoms with Gasteiger partial charge in [0, 0.05) is 30.3 Å². The van der Waals surface area contributed by atoms with E-state index in [1.54, 1.807) is 6.26 Å². The highest BCUT2D eigenvalue weighted by Crippen LogP contribution is 2.41. The highest BCUT2D eigenvalue weighted by Gasteiger charge is 2.42. The number of hydrogen-bond acceptors (Lipinski definition) is 8. The molecule has 1 aliphatic heterocycles. The van der Waals surface area contributed by atoms with E-state index in [1.807, 2.05) is 72.8 Å². The van der Waals surface area contributed by atoms with Crippen molar-refractivity contribution in [2.24, 2.45) is 0 Å². The topological polar surface area (TPSA) is 102 Å². The van der Waals surface area contributed by atoms with Crippen LogP contribution in [0, 0.1) is 0 Å². The van der Waals surface area contributed by atoms with Crippen molar-refractivity contribution in [3.8, 4) is 5.75 Å². The summed E-state index contributed by atoms with van der Waals surface area (Å²) in [6.45, 7) is 2.83. The largest absolute Gasteiger partial charge is 0.489 e. The van der Waals surface area contributed by atoms with Crippen LogP contribution in [0.15, 0.2) is 85.4 Å². The number of hydrogen-bond donors (Lipinski definition) is 2. The molecule has 2 atom stereocenters. The first-order chi connectivity index (χ1) is 19.8. The van der Waals surface area contributed by atoms with Crippen LogP contribution in [0.4, 0.5) is 11.5 Å². The summed E-state index contributed by atoms with van der Waals surface area (Å²) in [6, 6.07) is 21.4. The minimum absolute atomic E-state index is 0.0608. The second-order valence-electron chi connectivity index (χ2n) is 10.1. The molecule has 0 fully saturated rings. The number of rotatable bonds is 12. The molecule has 4 aromatic rings. The second-order valence-corrected chi connectivity index (χ2v) is 12.8. The smallest absolute Gasteiger partial charge is 0.152 e. The average molecular weight is 593 g/mol. The van der Waals surface area contributed by atoms with Gasteiger partial charge in [0.1, 0.15) is 34.3 Å². The summed E-state index contributed by atoms with van der Waals surface area (Å²) >= 11 is 6.56. The van der Waals surface area contributed by atoms with Crippen molar-refractivity contribution in [2.45, 2.75) is 38.0 Å². The molecule has 2 heterocycles. The van der Waals surface area contributed by atoms with Crippen LogP contribution in [0.5, 0.6) is 5.75 Å². The van der Waals surface area contributed by atoms with Crippen LogP contribution in [-0.4, -0.2) is 43.0 Å². The maximum Gasteiger partial charge on any atom is 0.152 e. The molecule has 8 nitrogen and oxygen atoms in total. The molecular weight excluding hydrogens is 560 g/mol. The fourth-order valence-corrected chi connectivity index (χ4v) is 5.82. The molecule has 0 saturated heterocycles. The molecule has 2 unspecified atom stereocenters. The summed E-state index contributed by atoms with van der Waals surface area (Å²) in [6.07, 6.45) is 7.88. The van der Waals surface area contributed by atoms with Crippen molar-refractivity contribution in [3.63, 3.8) is 0 Å². The number of nitrogens with zero attached hydrogens (tertiary/aromatic N) is 2. The number of ether oxygens (including phenoxy) is 2. The quantitative estimate of drug-likeness (QED) is 0.202. The highest BCUT2D eigenvalue weighted by molar-refractivity contribution is 7.90. The zero-order valence-electron chi connectivity index (χ0n) is 23.0. The molecule has 214 valence electrons. The van der Waals surface area contributed by atoms with Crippen molar-refractivity contribution in [3.05, 3.63) is 102 Å². The lowest BCUT2D eigenvalue weighted by Gasteiger charge is -2.37. The maximum atomic E-state index is 11.7. The zero-order valence-corrected chi connectivity index (χ0v) is 24.6. The monoisotopic (exact) mass is 592 g/mol. The first kappa shape index (κ1) is 28.9. The van der Waals surface area contributed by atoms with Gasteiger partial charge < -0.3 is 20.1 Å². The summed E-state index contributed by atoms with van der Waals surface area (Å²) in [5, 5.41) is 8.12. The van der Waals surface area contributed by atoms with Crippen molar-refractivity contribution < 1.29 is 17.9 Å². The SMILES string of the molecule is CCC(NCCS(C)(=O)=O)C1(c2ccc3ncnc(Nc4ccc(OCc5ccccc5)c(Cl)c4)c3c2)CC=CO1. The van der Waals surface area contributed by atoms with Crippen LogP contribution in [0.2, 0.25) is 5.02 Å². The molecule has 3 aromatic carbocycles. The third-order valence-electron chi connectivity index (χ3n) is 7.19. The van der Waals surface area contributed by atoms with Crippen molar-refractivity contribution in [1.29, 1.82) is 0 Å². The summed E-state index contributed by atoms with van der Waals surface area (Å²) in [4.78, 5) is 8.99. The van der Waals surface area contributed by atoms with Gasteiger partial charge in [0.25, 0.3) is 0 Å². The Morgan fingerprint density at radius 3 is 2.63 bits per heavy atom. The summed E-state index contributed by atoms with van der Waals surface area (Å²) in [5.74, 6) is 1.29. The number of fused-ring (bicyclic) bond motifs is 1. The number of halogens is 1. The molecule has 1 aromatic heterocycles. The molecule has 0 saturated carbocycles. The Kier molecular flexibility index (Phi) is 8.77. The van der Waals surface area contributed by atoms with Gasteiger partial charge in [-0.15, -0.1) is 0 Å². The predicted molar refractivity (Wildman–Crippen MR) is 163 cm³/mol. The highest BCUT2D eigenvalue weighted by atomic mass is 35.5. The molecule has 0 bridgehead atoms. The predicted octanol–water partition coefficient (Wildman–Crippen LogP) is 6.15. The van der Waals surface area contributed by atoms with Gasteiger partial charge in [-0.3, -0.25) is 0 Å². The van der Waals surface area contributed by atoms with Crippen molar-refractivity contribution in [2.75, 3.05) is 23.9 Å². The maximum absolute atomic E-state index is 11.7. The van der Waals surface area contributed by atoms with Gasteiger partial charge >= 0.3 is 0 Å². The normalized spacial score (nSPS) is 17.3. The van der Waals surface area contributed by atoms with Crippen LogP contribution < -0.4 is 15.4 Å². The third-order valence-corrected chi connectivity index (χ3v) is 8.43. The van der Waals surface area contributed by atoms with E-state index in [2.05, 4.69) is 27.5 Å². The minimum atomic E-state index is -3.08. The van der Waals surface area contributed by atoms with Gasteiger partial charge in [-0.25, -0.2) is 18.4 Å². The molecule has 0 spiro atoms. The van der Waals surface area contributed by atoms with Gasteiger partial charge in [0.15, 0.2) is 5.60 Å². The lowest BCUT2D eigenvalue weighted by atomic mass is 9.82. The Morgan fingerprint density at radius 2 is 1.93 bits per heavy atom. The lowest BCUT2D eigenvalue weighted by Crippen LogP contribution is -2.49. The van der Waals surface area contributed by atoms with E-state index < -0.39 is 15.4 Å². The van der Waals surface area contributed by atoms with Gasteiger partial charge in [0.05, 0.1) is 28.6 Å². The molecule has 0 amide bonds. The van der Waals surface area contributed by atoms with Crippen LogP contribution in [0.1, 0.15) is 30.9 Å². The Hall–Kier alpha value is -3.66. The standard InChI is InChI=1S/C31H33ClN4O4S/c1-3-29(33-15-17-41(2,37)38)31(14-7-16-40-31)23-10-12-27-25(18-23)30(35-21-34-27)36-24-11-13-28(26(32)19-24)39-20-22-8-5-4-6-9-22/h4-13,16,18-19,21,29,33H,3,14-15,17,20H2,1-2H3,(H,34,35,36). The van der Waals surface area contributed by atoms with Crippen LogP contribution in [0.3, 0.4) is 0 Å². The lowest BCUT2D eigenvalue weighted by molar-refractivity contribution is 0.00159. The zero-order chi connectivity index (χ0) is 28.9. The summed E-state index contributed by atoms with van der Waals surface area (Å²) < 4.78 is 35.6. The first-order valence-corrected chi connectivity index (χ1v) is 15.9. The van der Waals surface area contributed by atoms with Crippen molar-refractivity contribution in [1.82, 2.24) is 15.3 Å². The molecule has 0 aliphatic carbocycles. The van der Waals surface area contributed by atoms with E-state index in [0.29, 0.717) is 36.2 Å². The van der Waals surface area contributed by atoms with Crippen LogP contribution >= 0.6 is 11.6 Å². The minimum Gasteiger partial charge on any atom is -0.489 e. The Morgan fingerprint density at radius 1 is 1.10 bits per heavy atom.